The zero-order chi connectivity index (χ0) is 40.2. The number of nitrogens with zero attached hydrogens (tertiary/aromatic N) is 5. The van der Waals surface area contributed by atoms with E-state index >= 15 is 0 Å². The fourth-order valence-electron chi connectivity index (χ4n) is 7.36. The highest BCUT2D eigenvalue weighted by Crippen LogP contribution is 2.50. The van der Waals surface area contributed by atoms with Crippen LogP contribution in [-0.2, 0) is 38.8 Å². The van der Waals surface area contributed by atoms with Crippen LogP contribution >= 0.6 is 7.82 Å². The standard InChI is InChI=1S/C44H48N5O7P/c1-7-35-28-49(27-34-25-45-23-22-40(34)54-35)26-33-24-32(19-18-30(33)2)41(38-20-21-39-42(31(38)3)46-47-48(39)6)44(4,5)43(50)52-29-53-57(51,55-36-14-10-8-11-15-36)56-37-16-12-9-13-17-37/h8-25,35,41H,7,26-29H2,1-6H3/t35-,41?/m1/s1. The molecular weight excluding hydrogens is 741 g/mol. The first kappa shape index (κ1) is 39.7. The Balaban J connectivity index is 1.19. The van der Waals surface area contributed by atoms with Crippen molar-refractivity contribution in [3.05, 3.63) is 143 Å². The van der Waals surface area contributed by atoms with Crippen LogP contribution in [0, 0.1) is 19.3 Å². The fourth-order valence-corrected chi connectivity index (χ4v) is 8.44. The van der Waals surface area contributed by atoms with Crippen molar-refractivity contribution in [2.45, 2.75) is 66.2 Å². The molecule has 1 aliphatic rings. The molecule has 0 aliphatic carbocycles. The number of esters is 1. The highest BCUT2D eigenvalue weighted by Gasteiger charge is 2.42. The van der Waals surface area contributed by atoms with E-state index in [0.717, 1.165) is 63.1 Å². The van der Waals surface area contributed by atoms with Crippen molar-refractivity contribution in [2.24, 2.45) is 12.5 Å². The molecule has 1 unspecified atom stereocenters. The van der Waals surface area contributed by atoms with Gasteiger partial charge in [0.2, 0.25) is 6.79 Å². The van der Waals surface area contributed by atoms with Crippen molar-refractivity contribution in [1.29, 1.82) is 0 Å². The Bertz CT molecular complexity index is 2340. The molecule has 6 aromatic rings. The quantitative estimate of drug-likeness (QED) is 0.0596. The Morgan fingerprint density at radius 2 is 1.67 bits per heavy atom. The lowest BCUT2D eigenvalue weighted by atomic mass is 9.69. The number of carbonyl (C=O) groups excluding carboxylic acids is 1. The summed E-state index contributed by atoms with van der Waals surface area (Å²) in [5.41, 5.74) is 6.50. The number of hydrogen-bond acceptors (Lipinski definition) is 11. The molecule has 7 rings (SSSR count). The van der Waals surface area contributed by atoms with Crippen molar-refractivity contribution in [2.75, 3.05) is 13.3 Å². The number of phosphoric ester groups is 1. The van der Waals surface area contributed by atoms with Gasteiger partial charge in [0.1, 0.15) is 28.9 Å². The van der Waals surface area contributed by atoms with Crippen LogP contribution in [0.3, 0.4) is 0 Å². The van der Waals surface area contributed by atoms with Crippen molar-refractivity contribution >= 4 is 24.8 Å². The predicted octanol–water partition coefficient (Wildman–Crippen LogP) is 9.09. The van der Waals surface area contributed by atoms with Gasteiger partial charge in [-0.05, 0) is 98.3 Å². The maximum Gasteiger partial charge on any atom is 0.590 e. The second-order valence-corrected chi connectivity index (χ2v) is 16.5. The third kappa shape index (κ3) is 8.89. The summed E-state index contributed by atoms with van der Waals surface area (Å²) >= 11 is 0. The van der Waals surface area contributed by atoms with E-state index in [4.69, 9.17) is 23.0 Å². The topological polar surface area (TPSA) is 127 Å². The molecule has 2 atom stereocenters. The number of para-hydroxylation sites is 2. The van der Waals surface area contributed by atoms with E-state index in [9.17, 15) is 9.36 Å². The first-order valence-electron chi connectivity index (χ1n) is 19.1. The third-order valence-corrected chi connectivity index (χ3v) is 11.8. The van der Waals surface area contributed by atoms with Crippen LogP contribution in [0.1, 0.15) is 66.5 Å². The van der Waals surface area contributed by atoms with Gasteiger partial charge in [-0.3, -0.25) is 14.7 Å². The van der Waals surface area contributed by atoms with Crippen molar-refractivity contribution < 1.29 is 32.4 Å². The summed E-state index contributed by atoms with van der Waals surface area (Å²) in [6, 6.07) is 29.4. The van der Waals surface area contributed by atoms with E-state index in [2.05, 4.69) is 52.2 Å². The minimum Gasteiger partial charge on any atom is -0.489 e. The zero-order valence-corrected chi connectivity index (χ0v) is 34.0. The molecule has 1 aliphatic heterocycles. The molecule has 57 heavy (non-hydrogen) atoms. The average molecular weight is 790 g/mol. The van der Waals surface area contributed by atoms with Gasteiger partial charge in [-0.1, -0.05) is 72.8 Å². The lowest BCUT2D eigenvalue weighted by Crippen LogP contribution is -2.35. The smallest absolute Gasteiger partial charge is 0.489 e. The Hall–Kier alpha value is -5.55. The molecule has 296 valence electrons. The lowest BCUT2D eigenvalue weighted by molar-refractivity contribution is -0.162. The second kappa shape index (κ2) is 16.9. The van der Waals surface area contributed by atoms with Gasteiger partial charge in [-0.25, -0.2) is 13.8 Å². The van der Waals surface area contributed by atoms with Crippen LogP contribution in [0.5, 0.6) is 17.2 Å². The number of pyridine rings is 1. The maximum absolute atomic E-state index is 14.4. The number of fused-ring (bicyclic) bond motifs is 2. The normalized spacial score (nSPS) is 15.3. The number of rotatable bonds is 14. The molecule has 0 bridgehead atoms. The van der Waals surface area contributed by atoms with E-state index in [1.54, 1.807) is 71.5 Å². The molecule has 13 heteroatoms. The van der Waals surface area contributed by atoms with E-state index < -0.39 is 31.9 Å². The number of hydrogen-bond donors (Lipinski definition) is 0. The molecule has 0 radical (unpaired) electrons. The minimum atomic E-state index is -4.32. The van der Waals surface area contributed by atoms with Gasteiger partial charge in [0.15, 0.2) is 0 Å². The molecular formula is C44H48N5O7P. The fraction of sp³-hybridized carbons (Fsp3) is 0.318. The number of aryl methyl sites for hydroxylation is 3. The van der Waals surface area contributed by atoms with Crippen LogP contribution in [0.4, 0.5) is 0 Å². The Kier molecular flexibility index (Phi) is 11.8. The highest BCUT2D eigenvalue weighted by molar-refractivity contribution is 7.49. The summed E-state index contributed by atoms with van der Waals surface area (Å²) in [5.74, 6) is 0.349. The van der Waals surface area contributed by atoms with Crippen molar-refractivity contribution in [1.82, 2.24) is 24.9 Å². The number of carbonyl (C=O) groups is 1. The zero-order valence-electron chi connectivity index (χ0n) is 33.1. The number of phosphoric acid groups is 1. The molecule has 0 fully saturated rings. The minimum absolute atomic E-state index is 0.0358. The van der Waals surface area contributed by atoms with Gasteiger partial charge in [0, 0.05) is 50.6 Å². The van der Waals surface area contributed by atoms with Crippen molar-refractivity contribution in [3.63, 3.8) is 0 Å². The summed E-state index contributed by atoms with van der Waals surface area (Å²) in [5, 5.41) is 8.74. The molecule has 0 spiro atoms. The number of aromatic nitrogens is 4. The summed E-state index contributed by atoms with van der Waals surface area (Å²) in [4.78, 5) is 21.2. The largest absolute Gasteiger partial charge is 0.590 e. The maximum atomic E-state index is 14.4. The first-order valence-corrected chi connectivity index (χ1v) is 20.5. The van der Waals surface area contributed by atoms with Gasteiger partial charge in [-0.2, -0.15) is 0 Å². The molecule has 4 aromatic carbocycles. The van der Waals surface area contributed by atoms with Gasteiger partial charge in [0.25, 0.3) is 0 Å². The lowest BCUT2D eigenvalue weighted by Gasteiger charge is -2.34. The average Bonchev–Trinajstić information content (AvgIpc) is 3.48. The Labute approximate surface area is 333 Å². The van der Waals surface area contributed by atoms with Crippen molar-refractivity contribution in [3.8, 4) is 17.2 Å². The molecule has 0 saturated carbocycles. The Morgan fingerprint density at radius 3 is 2.35 bits per heavy atom. The summed E-state index contributed by atoms with van der Waals surface area (Å²) in [7, 11) is -2.46. The molecule has 0 N–H and O–H groups in total. The predicted molar refractivity (Wildman–Crippen MR) is 217 cm³/mol. The first-order chi connectivity index (χ1) is 27.4. The van der Waals surface area contributed by atoms with Crippen LogP contribution in [-0.4, -0.2) is 50.3 Å². The van der Waals surface area contributed by atoms with Gasteiger partial charge in [0.05, 0.1) is 10.9 Å². The van der Waals surface area contributed by atoms with Gasteiger partial charge in [-0.15, -0.1) is 5.10 Å². The van der Waals surface area contributed by atoms with Crippen LogP contribution < -0.4 is 13.8 Å². The van der Waals surface area contributed by atoms with Crippen LogP contribution in [0.25, 0.3) is 11.0 Å². The third-order valence-electron chi connectivity index (χ3n) is 10.5. The van der Waals surface area contributed by atoms with Crippen LogP contribution in [0.15, 0.2) is 109 Å². The van der Waals surface area contributed by atoms with E-state index in [-0.39, 0.29) is 17.6 Å². The molecule has 0 amide bonds. The van der Waals surface area contributed by atoms with Gasteiger partial charge >= 0.3 is 13.8 Å². The SMILES string of the molecule is CC[C@@H]1CN(Cc2cc(C(c3ccc4c(nnn4C)c3C)C(C)(C)C(=O)OCOP(=O)(Oc3ccccc3)Oc3ccccc3)ccc2C)Cc2cnccc2O1. The van der Waals surface area contributed by atoms with E-state index in [1.165, 1.54) is 0 Å². The summed E-state index contributed by atoms with van der Waals surface area (Å²) in [6.45, 7) is 11.4. The molecule has 0 saturated heterocycles. The molecule has 3 heterocycles. The second-order valence-electron chi connectivity index (χ2n) is 14.9. The van der Waals surface area contributed by atoms with E-state index in [1.807, 2.05) is 52.2 Å². The monoisotopic (exact) mass is 789 g/mol. The Morgan fingerprint density at radius 1 is 0.965 bits per heavy atom. The molecule has 12 nitrogen and oxygen atoms in total. The van der Waals surface area contributed by atoms with Gasteiger partial charge < -0.3 is 18.5 Å². The van der Waals surface area contributed by atoms with E-state index in [0.29, 0.717) is 13.1 Å². The highest BCUT2D eigenvalue weighted by atomic mass is 31.2. The molecule has 2 aromatic heterocycles. The number of ether oxygens (including phenoxy) is 2. The summed E-state index contributed by atoms with van der Waals surface area (Å²) < 4.78 is 45.1. The van der Waals surface area contributed by atoms with Crippen LogP contribution in [0.2, 0.25) is 0 Å². The summed E-state index contributed by atoms with van der Waals surface area (Å²) in [6.07, 6.45) is 4.55. The number of benzene rings is 4.